The highest BCUT2D eigenvalue weighted by Crippen LogP contribution is 2.28. The molecule has 0 bridgehead atoms. The maximum atomic E-state index is 12.3. The molecule has 0 saturated carbocycles. The molecular formula is C10H15F3N4S. The van der Waals surface area contributed by atoms with Crippen LogP contribution in [0.15, 0.2) is 0 Å². The van der Waals surface area contributed by atoms with Gasteiger partial charge in [-0.05, 0) is 25.9 Å². The molecule has 0 atom stereocenters. The minimum atomic E-state index is -4.46. The number of rotatable bonds is 4. The molecule has 2 heterocycles. The van der Waals surface area contributed by atoms with Crippen molar-refractivity contribution in [2.45, 2.75) is 25.4 Å². The number of nitrogens with zero attached hydrogens (tertiary/aromatic N) is 3. The molecule has 0 unspecified atom stereocenters. The molecule has 1 saturated heterocycles. The summed E-state index contributed by atoms with van der Waals surface area (Å²) >= 11 is 0.752. The van der Waals surface area contributed by atoms with Gasteiger partial charge in [-0.3, -0.25) is 0 Å². The summed E-state index contributed by atoms with van der Waals surface area (Å²) in [6, 6.07) is 0. The minimum Gasteiger partial charge on any atom is -0.359 e. The number of likely N-dealkylation sites (tertiary alicyclic amines) is 1. The van der Waals surface area contributed by atoms with Crippen LogP contribution in [0.2, 0.25) is 0 Å². The summed E-state index contributed by atoms with van der Waals surface area (Å²) in [5, 5.41) is 3.12. The highest BCUT2D eigenvalue weighted by molar-refractivity contribution is 7.09. The molecule has 1 aliphatic rings. The number of hydrogen-bond donors (Lipinski definition) is 1. The first-order chi connectivity index (χ1) is 8.55. The first kappa shape index (κ1) is 13.5. The molecule has 1 aliphatic heterocycles. The lowest BCUT2D eigenvalue weighted by Gasteiger charge is -2.26. The standard InChI is InChI=1S/C10H15F3N4S/c11-10(12,13)8-15-9(18-16-8)14-4-7-17-5-2-1-3-6-17/h1-7H2,(H,14,15,16). The number of aromatic nitrogens is 2. The number of halogens is 3. The number of piperidine rings is 1. The molecule has 2 rings (SSSR count). The second-order valence-electron chi connectivity index (χ2n) is 4.25. The van der Waals surface area contributed by atoms with Crippen LogP contribution in [0.4, 0.5) is 18.3 Å². The van der Waals surface area contributed by atoms with Crippen molar-refractivity contribution in [2.75, 3.05) is 31.5 Å². The average molecular weight is 280 g/mol. The van der Waals surface area contributed by atoms with Gasteiger partial charge in [0.2, 0.25) is 11.0 Å². The average Bonchev–Trinajstić information content (AvgIpc) is 2.79. The summed E-state index contributed by atoms with van der Waals surface area (Å²) < 4.78 is 40.1. The summed E-state index contributed by atoms with van der Waals surface area (Å²) in [4.78, 5) is 5.72. The van der Waals surface area contributed by atoms with Crippen molar-refractivity contribution in [2.24, 2.45) is 0 Å². The van der Waals surface area contributed by atoms with Crippen LogP contribution in [-0.4, -0.2) is 40.4 Å². The fraction of sp³-hybridized carbons (Fsp3) is 0.800. The molecule has 0 amide bonds. The normalized spacial score (nSPS) is 17.9. The zero-order valence-electron chi connectivity index (χ0n) is 9.83. The molecule has 0 spiro atoms. The largest absolute Gasteiger partial charge is 0.452 e. The predicted molar refractivity (Wildman–Crippen MR) is 63.7 cm³/mol. The van der Waals surface area contributed by atoms with Gasteiger partial charge in [0.15, 0.2) is 0 Å². The van der Waals surface area contributed by atoms with Crippen LogP contribution in [0.5, 0.6) is 0 Å². The molecule has 0 aliphatic carbocycles. The smallest absolute Gasteiger partial charge is 0.359 e. The number of anilines is 1. The molecule has 1 N–H and O–H groups in total. The molecule has 1 aromatic rings. The van der Waals surface area contributed by atoms with E-state index in [2.05, 4.69) is 19.6 Å². The molecule has 1 aromatic heterocycles. The van der Waals surface area contributed by atoms with Crippen LogP contribution in [0.3, 0.4) is 0 Å². The first-order valence-electron chi connectivity index (χ1n) is 5.93. The van der Waals surface area contributed by atoms with Crippen molar-refractivity contribution in [3.8, 4) is 0 Å². The first-order valence-corrected chi connectivity index (χ1v) is 6.70. The lowest BCUT2D eigenvalue weighted by Crippen LogP contribution is -2.33. The summed E-state index contributed by atoms with van der Waals surface area (Å²) in [5.74, 6) is -1.06. The molecule has 4 nitrogen and oxygen atoms in total. The van der Waals surface area contributed by atoms with E-state index in [1.54, 1.807) is 0 Å². The third kappa shape index (κ3) is 3.81. The van der Waals surface area contributed by atoms with Crippen LogP contribution in [0, 0.1) is 0 Å². The van der Waals surface area contributed by atoms with Gasteiger partial charge in [-0.15, -0.1) is 0 Å². The van der Waals surface area contributed by atoms with Crippen molar-refractivity contribution in [3.63, 3.8) is 0 Å². The third-order valence-corrected chi connectivity index (χ3v) is 3.51. The van der Waals surface area contributed by atoms with Crippen LogP contribution >= 0.6 is 11.5 Å². The van der Waals surface area contributed by atoms with Crippen molar-refractivity contribution >= 4 is 16.7 Å². The summed E-state index contributed by atoms with van der Waals surface area (Å²) in [6.45, 7) is 3.59. The number of hydrogen-bond acceptors (Lipinski definition) is 5. The highest BCUT2D eigenvalue weighted by Gasteiger charge is 2.36. The molecule has 0 aromatic carbocycles. The van der Waals surface area contributed by atoms with E-state index in [1.165, 1.54) is 19.3 Å². The molecular weight excluding hydrogens is 265 g/mol. The Labute approximate surface area is 107 Å². The maximum absolute atomic E-state index is 12.3. The van der Waals surface area contributed by atoms with Gasteiger partial charge in [0, 0.05) is 24.6 Å². The summed E-state index contributed by atoms with van der Waals surface area (Å²) in [5.41, 5.74) is 0. The van der Waals surface area contributed by atoms with Crippen LogP contribution in [0.25, 0.3) is 0 Å². The number of nitrogens with one attached hydrogen (secondary N) is 1. The van der Waals surface area contributed by atoms with E-state index >= 15 is 0 Å². The van der Waals surface area contributed by atoms with Gasteiger partial charge in [-0.1, -0.05) is 6.42 Å². The lowest BCUT2D eigenvalue weighted by atomic mass is 10.1. The Morgan fingerprint density at radius 2 is 1.94 bits per heavy atom. The van der Waals surface area contributed by atoms with E-state index in [1.807, 2.05) is 0 Å². The molecule has 1 fully saturated rings. The van der Waals surface area contributed by atoms with Gasteiger partial charge < -0.3 is 10.2 Å². The Morgan fingerprint density at radius 3 is 2.56 bits per heavy atom. The quantitative estimate of drug-likeness (QED) is 0.920. The van der Waals surface area contributed by atoms with E-state index in [4.69, 9.17) is 0 Å². The molecule has 18 heavy (non-hydrogen) atoms. The highest BCUT2D eigenvalue weighted by atomic mass is 32.1. The monoisotopic (exact) mass is 280 g/mol. The van der Waals surface area contributed by atoms with E-state index in [0.29, 0.717) is 6.54 Å². The Bertz CT molecular complexity index is 373. The zero-order valence-corrected chi connectivity index (χ0v) is 10.7. The van der Waals surface area contributed by atoms with Gasteiger partial charge in [-0.25, -0.2) is 0 Å². The van der Waals surface area contributed by atoms with Crippen molar-refractivity contribution in [1.82, 2.24) is 14.3 Å². The summed E-state index contributed by atoms with van der Waals surface area (Å²) in [6.07, 6.45) is -0.771. The zero-order chi connectivity index (χ0) is 13.0. The van der Waals surface area contributed by atoms with Crippen molar-refractivity contribution in [3.05, 3.63) is 5.82 Å². The van der Waals surface area contributed by atoms with Crippen LogP contribution in [0.1, 0.15) is 25.1 Å². The van der Waals surface area contributed by atoms with Crippen LogP contribution < -0.4 is 5.32 Å². The van der Waals surface area contributed by atoms with Gasteiger partial charge in [0.05, 0.1) is 0 Å². The second-order valence-corrected chi connectivity index (χ2v) is 5.00. The minimum absolute atomic E-state index is 0.235. The number of alkyl halides is 3. The fourth-order valence-corrected chi connectivity index (χ4v) is 2.53. The SMILES string of the molecule is FC(F)(F)c1nsc(NCCN2CCCCC2)n1. The predicted octanol–water partition coefficient (Wildman–Crippen LogP) is 2.45. The second kappa shape index (κ2) is 5.83. The van der Waals surface area contributed by atoms with E-state index in [0.717, 1.165) is 31.2 Å². The Balaban J connectivity index is 1.74. The Kier molecular flexibility index (Phi) is 4.39. The van der Waals surface area contributed by atoms with E-state index < -0.39 is 12.0 Å². The van der Waals surface area contributed by atoms with Gasteiger partial charge in [0.1, 0.15) is 0 Å². The van der Waals surface area contributed by atoms with Crippen LogP contribution in [-0.2, 0) is 6.18 Å². The summed E-state index contributed by atoms with van der Waals surface area (Å²) in [7, 11) is 0. The Hall–Kier alpha value is -0.890. The molecule has 0 radical (unpaired) electrons. The molecule has 8 heteroatoms. The lowest BCUT2D eigenvalue weighted by molar-refractivity contribution is -0.144. The van der Waals surface area contributed by atoms with Crippen molar-refractivity contribution < 1.29 is 13.2 Å². The fourth-order valence-electron chi connectivity index (χ4n) is 1.91. The van der Waals surface area contributed by atoms with Crippen molar-refractivity contribution in [1.29, 1.82) is 0 Å². The van der Waals surface area contributed by atoms with E-state index in [9.17, 15) is 13.2 Å². The van der Waals surface area contributed by atoms with E-state index in [-0.39, 0.29) is 5.13 Å². The van der Waals surface area contributed by atoms with Gasteiger partial charge >= 0.3 is 6.18 Å². The molecule has 102 valence electrons. The third-order valence-electron chi connectivity index (χ3n) is 2.83. The maximum Gasteiger partial charge on any atom is 0.452 e. The topological polar surface area (TPSA) is 41.1 Å². The Morgan fingerprint density at radius 1 is 1.22 bits per heavy atom. The van der Waals surface area contributed by atoms with Gasteiger partial charge in [0.25, 0.3) is 0 Å². The van der Waals surface area contributed by atoms with Gasteiger partial charge in [-0.2, -0.15) is 22.5 Å².